The lowest BCUT2D eigenvalue weighted by molar-refractivity contribution is 0.0938. The SMILES string of the molecule is Nc1ccccc1NC(=S)NNC(=O)c1cnccn1. The average molecular weight is 288 g/mol. The molecule has 0 aliphatic rings. The molecule has 0 saturated heterocycles. The summed E-state index contributed by atoms with van der Waals surface area (Å²) in [5.74, 6) is -0.441. The van der Waals surface area contributed by atoms with E-state index in [4.69, 9.17) is 18.0 Å². The van der Waals surface area contributed by atoms with Crippen molar-refractivity contribution in [3.05, 3.63) is 48.5 Å². The number of aromatic nitrogens is 2. The third kappa shape index (κ3) is 3.62. The standard InChI is InChI=1S/C12H12N6OS/c13-8-3-1-2-4-9(8)16-12(20)18-17-11(19)10-7-14-5-6-15-10/h1-7H,13H2,(H,17,19)(H2,16,18,20). The van der Waals surface area contributed by atoms with Gasteiger partial charge in [0.2, 0.25) is 0 Å². The predicted octanol–water partition coefficient (Wildman–Crippen LogP) is 0.690. The zero-order valence-corrected chi connectivity index (χ0v) is 11.1. The van der Waals surface area contributed by atoms with Gasteiger partial charge in [0.05, 0.1) is 17.6 Å². The molecule has 2 aromatic rings. The molecule has 0 aliphatic heterocycles. The number of hydrogen-bond donors (Lipinski definition) is 4. The number of anilines is 2. The summed E-state index contributed by atoms with van der Waals surface area (Å²) in [5, 5.41) is 3.07. The number of nitrogens with one attached hydrogen (secondary N) is 3. The van der Waals surface area contributed by atoms with Gasteiger partial charge in [-0.25, -0.2) is 4.98 Å². The molecule has 0 spiro atoms. The Balaban J connectivity index is 1.87. The van der Waals surface area contributed by atoms with Gasteiger partial charge in [0.1, 0.15) is 5.69 Å². The van der Waals surface area contributed by atoms with Crippen LogP contribution in [0, 0.1) is 0 Å². The van der Waals surface area contributed by atoms with Crippen LogP contribution in [-0.4, -0.2) is 21.0 Å². The maximum atomic E-state index is 11.7. The fraction of sp³-hybridized carbons (Fsp3) is 0. The van der Waals surface area contributed by atoms with Crippen molar-refractivity contribution >= 4 is 34.6 Å². The monoisotopic (exact) mass is 288 g/mol. The van der Waals surface area contributed by atoms with Crippen LogP contribution in [0.25, 0.3) is 0 Å². The van der Waals surface area contributed by atoms with Gasteiger partial charge in [-0.15, -0.1) is 0 Å². The van der Waals surface area contributed by atoms with Crippen LogP contribution in [0.2, 0.25) is 0 Å². The second-order valence-electron chi connectivity index (χ2n) is 3.71. The molecule has 1 heterocycles. The molecule has 0 aliphatic carbocycles. The predicted molar refractivity (Wildman–Crippen MR) is 79.7 cm³/mol. The molecule has 20 heavy (non-hydrogen) atoms. The van der Waals surface area contributed by atoms with E-state index in [0.29, 0.717) is 11.4 Å². The van der Waals surface area contributed by atoms with Gasteiger partial charge in [-0.3, -0.25) is 20.6 Å². The number of carbonyl (C=O) groups is 1. The van der Waals surface area contributed by atoms with Crippen LogP contribution in [-0.2, 0) is 0 Å². The highest BCUT2D eigenvalue weighted by Crippen LogP contribution is 2.16. The summed E-state index contributed by atoms with van der Waals surface area (Å²) in [5.41, 5.74) is 12.1. The van der Waals surface area contributed by atoms with Gasteiger partial charge in [0.25, 0.3) is 5.91 Å². The molecule has 7 nitrogen and oxygen atoms in total. The van der Waals surface area contributed by atoms with Gasteiger partial charge in [0, 0.05) is 12.4 Å². The molecule has 0 unspecified atom stereocenters. The van der Waals surface area contributed by atoms with Crippen molar-refractivity contribution in [1.29, 1.82) is 0 Å². The van der Waals surface area contributed by atoms with Crippen LogP contribution in [0.1, 0.15) is 10.5 Å². The normalized spacial score (nSPS) is 9.60. The average Bonchev–Trinajstić information content (AvgIpc) is 2.48. The highest BCUT2D eigenvalue weighted by atomic mass is 32.1. The number of para-hydroxylation sites is 2. The van der Waals surface area contributed by atoms with Crippen LogP contribution in [0.3, 0.4) is 0 Å². The van der Waals surface area contributed by atoms with E-state index in [9.17, 15) is 4.79 Å². The zero-order valence-electron chi connectivity index (χ0n) is 10.3. The van der Waals surface area contributed by atoms with E-state index in [1.807, 2.05) is 12.1 Å². The first kappa shape index (κ1) is 13.7. The summed E-state index contributed by atoms with van der Waals surface area (Å²) in [4.78, 5) is 19.3. The Hall–Kier alpha value is -2.74. The van der Waals surface area contributed by atoms with Crippen LogP contribution in [0.15, 0.2) is 42.9 Å². The number of benzene rings is 1. The molecule has 0 atom stereocenters. The second kappa shape index (κ2) is 6.43. The maximum Gasteiger partial charge on any atom is 0.289 e. The summed E-state index contributed by atoms with van der Waals surface area (Å²) in [6, 6.07) is 7.14. The molecule has 0 bridgehead atoms. The first-order valence-electron chi connectivity index (χ1n) is 5.64. The molecule has 0 fully saturated rings. The Kier molecular flexibility index (Phi) is 4.40. The number of hydrazine groups is 1. The topological polar surface area (TPSA) is 105 Å². The summed E-state index contributed by atoms with van der Waals surface area (Å²) in [6.07, 6.45) is 4.26. The number of hydrogen-bond acceptors (Lipinski definition) is 5. The van der Waals surface area contributed by atoms with Crippen molar-refractivity contribution < 1.29 is 4.79 Å². The number of nitrogen functional groups attached to an aromatic ring is 1. The van der Waals surface area contributed by atoms with Crippen molar-refractivity contribution in [3.8, 4) is 0 Å². The van der Waals surface area contributed by atoms with E-state index >= 15 is 0 Å². The lowest BCUT2D eigenvalue weighted by Crippen LogP contribution is -2.44. The van der Waals surface area contributed by atoms with Gasteiger partial charge in [0.15, 0.2) is 5.11 Å². The smallest absolute Gasteiger partial charge is 0.289 e. The lowest BCUT2D eigenvalue weighted by atomic mass is 10.3. The van der Waals surface area contributed by atoms with Crippen LogP contribution in [0.5, 0.6) is 0 Å². The Bertz CT molecular complexity index is 618. The second-order valence-corrected chi connectivity index (χ2v) is 4.12. The number of nitrogens with zero attached hydrogens (tertiary/aromatic N) is 2. The molecule has 102 valence electrons. The molecular weight excluding hydrogens is 276 g/mol. The minimum atomic E-state index is -0.441. The Morgan fingerprint density at radius 3 is 2.70 bits per heavy atom. The molecule has 5 N–H and O–H groups in total. The fourth-order valence-corrected chi connectivity index (χ4v) is 1.52. The van der Waals surface area contributed by atoms with Gasteiger partial charge in [-0.1, -0.05) is 12.1 Å². The number of carbonyl (C=O) groups excluding carboxylic acids is 1. The van der Waals surface area contributed by atoms with Gasteiger partial charge in [-0.05, 0) is 24.4 Å². The van der Waals surface area contributed by atoms with E-state index in [1.165, 1.54) is 18.6 Å². The Morgan fingerprint density at radius 1 is 1.20 bits per heavy atom. The van der Waals surface area contributed by atoms with Crippen LogP contribution >= 0.6 is 12.2 Å². The highest BCUT2D eigenvalue weighted by molar-refractivity contribution is 7.80. The third-order valence-corrected chi connectivity index (χ3v) is 2.50. The van der Waals surface area contributed by atoms with Crippen LogP contribution in [0.4, 0.5) is 11.4 Å². The van der Waals surface area contributed by atoms with Gasteiger partial charge >= 0.3 is 0 Å². The van der Waals surface area contributed by atoms with Crippen molar-refractivity contribution in [2.45, 2.75) is 0 Å². The lowest BCUT2D eigenvalue weighted by Gasteiger charge is -2.12. The van der Waals surface area contributed by atoms with E-state index in [0.717, 1.165) is 0 Å². The summed E-state index contributed by atoms with van der Waals surface area (Å²) < 4.78 is 0. The Labute approximate surface area is 120 Å². The summed E-state index contributed by atoms with van der Waals surface area (Å²) >= 11 is 5.04. The summed E-state index contributed by atoms with van der Waals surface area (Å²) in [6.45, 7) is 0. The molecule has 0 saturated carbocycles. The van der Waals surface area contributed by atoms with Crippen molar-refractivity contribution in [2.24, 2.45) is 0 Å². The number of nitrogens with two attached hydrogens (primary N) is 1. The number of rotatable bonds is 2. The quantitative estimate of drug-likeness (QED) is 0.366. The van der Waals surface area contributed by atoms with E-state index < -0.39 is 5.91 Å². The molecule has 1 aromatic heterocycles. The highest BCUT2D eigenvalue weighted by Gasteiger charge is 2.07. The van der Waals surface area contributed by atoms with Gasteiger partial charge in [-0.2, -0.15) is 0 Å². The van der Waals surface area contributed by atoms with Crippen molar-refractivity contribution in [2.75, 3.05) is 11.1 Å². The first-order chi connectivity index (χ1) is 9.66. The van der Waals surface area contributed by atoms with E-state index in [1.54, 1.807) is 12.1 Å². The van der Waals surface area contributed by atoms with Crippen LogP contribution < -0.4 is 21.9 Å². The third-order valence-electron chi connectivity index (χ3n) is 2.29. The van der Waals surface area contributed by atoms with E-state index in [-0.39, 0.29) is 10.8 Å². The fourth-order valence-electron chi connectivity index (χ4n) is 1.36. The number of amides is 1. The van der Waals surface area contributed by atoms with Gasteiger partial charge < -0.3 is 11.1 Å². The minimum Gasteiger partial charge on any atom is -0.397 e. The minimum absolute atomic E-state index is 0.182. The van der Waals surface area contributed by atoms with Crippen molar-refractivity contribution in [1.82, 2.24) is 20.8 Å². The Morgan fingerprint density at radius 2 is 2.00 bits per heavy atom. The molecule has 2 rings (SSSR count). The maximum absolute atomic E-state index is 11.7. The van der Waals surface area contributed by atoms with Crippen molar-refractivity contribution in [3.63, 3.8) is 0 Å². The first-order valence-corrected chi connectivity index (χ1v) is 6.05. The number of thiocarbonyl (C=S) groups is 1. The van der Waals surface area contributed by atoms with E-state index in [2.05, 4.69) is 26.1 Å². The molecule has 0 radical (unpaired) electrons. The molecule has 1 aromatic carbocycles. The molecule has 1 amide bonds. The molecular formula is C12H12N6OS. The largest absolute Gasteiger partial charge is 0.397 e. The zero-order chi connectivity index (χ0) is 14.4. The summed E-state index contributed by atoms with van der Waals surface area (Å²) in [7, 11) is 0. The molecule has 8 heteroatoms.